The van der Waals surface area contributed by atoms with Gasteiger partial charge in [0.2, 0.25) is 5.89 Å². The molecular weight excluding hydrogens is 272 g/mol. The fourth-order valence-electron chi connectivity index (χ4n) is 1.94. The van der Waals surface area contributed by atoms with Crippen LogP contribution >= 0.6 is 0 Å². The summed E-state index contributed by atoms with van der Waals surface area (Å²) >= 11 is 0. The topological polar surface area (TPSA) is 94.1 Å². The molecule has 7 nitrogen and oxygen atoms in total. The van der Waals surface area contributed by atoms with Gasteiger partial charge < -0.3 is 9.73 Å². The third-order valence-corrected chi connectivity index (χ3v) is 2.99. The average Bonchev–Trinajstić information content (AvgIpc) is 2.92. The minimum Gasteiger partial charge on any atom is -0.420 e. The molecule has 0 aliphatic heterocycles. The molecule has 21 heavy (non-hydrogen) atoms. The number of nitrogens with one attached hydrogen (secondary N) is 1. The lowest BCUT2D eigenvalue weighted by atomic mass is 10.1. The van der Waals surface area contributed by atoms with Gasteiger partial charge in [0.05, 0.1) is 4.92 Å². The zero-order chi connectivity index (χ0) is 15.2. The maximum absolute atomic E-state index is 11.1. The lowest BCUT2D eigenvalue weighted by Crippen LogP contribution is -2.17. The Morgan fingerprint density at radius 2 is 2.14 bits per heavy atom. The van der Waals surface area contributed by atoms with E-state index < -0.39 is 4.92 Å². The van der Waals surface area contributed by atoms with Crippen molar-refractivity contribution in [3.8, 4) is 11.5 Å². The summed E-state index contributed by atoms with van der Waals surface area (Å²) in [5.74, 6) is 0.667. The summed E-state index contributed by atoms with van der Waals surface area (Å²) in [4.78, 5) is 10.6. The van der Waals surface area contributed by atoms with Crippen LogP contribution in [0.2, 0.25) is 0 Å². The van der Waals surface area contributed by atoms with E-state index in [0.29, 0.717) is 17.9 Å². The van der Waals surface area contributed by atoms with E-state index in [4.69, 9.17) is 4.42 Å². The van der Waals surface area contributed by atoms with E-state index in [2.05, 4.69) is 22.4 Å². The van der Waals surface area contributed by atoms with Crippen LogP contribution in [0.5, 0.6) is 0 Å². The molecule has 0 fully saturated rings. The number of nitro benzene ring substituents is 1. The first-order chi connectivity index (χ1) is 10.1. The first-order valence-corrected chi connectivity index (χ1v) is 6.90. The zero-order valence-electron chi connectivity index (χ0n) is 12.1. The molecule has 1 N–H and O–H groups in total. The number of aromatic nitrogens is 2. The maximum atomic E-state index is 11.1. The van der Waals surface area contributed by atoms with Crippen LogP contribution in [0.3, 0.4) is 0 Å². The van der Waals surface area contributed by atoms with Gasteiger partial charge in [-0.25, -0.2) is 0 Å². The number of benzene rings is 1. The molecule has 0 bridgehead atoms. The van der Waals surface area contributed by atoms with Crippen molar-refractivity contribution in [2.45, 2.75) is 26.7 Å². The Hall–Kier alpha value is -2.28. The molecule has 0 aliphatic rings. The van der Waals surface area contributed by atoms with Crippen molar-refractivity contribution in [1.29, 1.82) is 0 Å². The number of aryl methyl sites for hydroxylation is 1. The summed E-state index contributed by atoms with van der Waals surface area (Å²) in [5.41, 5.74) is 1.24. The smallest absolute Gasteiger partial charge is 0.282 e. The number of nitro groups is 1. The molecule has 2 aromatic rings. The number of hydrogen-bond acceptors (Lipinski definition) is 6. The molecule has 0 aliphatic carbocycles. The zero-order valence-corrected chi connectivity index (χ0v) is 12.1. The molecule has 1 aromatic carbocycles. The summed E-state index contributed by atoms with van der Waals surface area (Å²) in [7, 11) is 0. The van der Waals surface area contributed by atoms with Crippen LogP contribution in [0.4, 0.5) is 5.69 Å². The van der Waals surface area contributed by atoms with Crippen molar-refractivity contribution in [1.82, 2.24) is 15.5 Å². The van der Waals surface area contributed by atoms with Gasteiger partial charge in [0.1, 0.15) is 5.56 Å². The Morgan fingerprint density at radius 1 is 1.33 bits per heavy atom. The molecule has 112 valence electrons. The Kier molecular flexibility index (Phi) is 4.99. The van der Waals surface area contributed by atoms with Crippen LogP contribution in [0, 0.1) is 17.0 Å². The van der Waals surface area contributed by atoms with Gasteiger partial charge in [-0.3, -0.25) is 10.1 Å². The van der Waals surface area contributed by atoms with Crippen molar-refractivity contribution >= 4 is 5.69 Å². The molecule has 1 heterocycles. The molecule has 0 unspecified atom stereocenters. The Morgan fingerprint density at radius 3 is 2.86 bits per heavy atom. The highest BCUT2D eigenvalue weighted by Crippen LogP contribution is 2.29. The number of nitrogens with zero attached hydrogens (tertiary/aromatic N) is 3. The quantitative estimate of drug-likeness (QED) is 0.478. The van der Waals surface area contributed by atoms with Crippen molar-refractivity contribution in [2.75, 3.05) is 13.1 Å². The SMILES string of the molecule is CCCNCCc1nnc(-c2cc(C)ccc2[N+](=O)[O-])o1. The molecule has 0 saturated carbocycles. The number of rotatable bonds is 7. The molecule has 2 rings (SSSR count). The van der Waals surface area contributed by atoms with Gasteiger partial charge in [-0.1, -0.05) is 13.0 Å². The monoisotopic (exact) mass is 290 g/mol. The summed E-state index contributed by atoms with van der Waals surface area (Å²) in [6.45, 7) is 5.63. The third kappa shape index (κ3) is 3.85. The first-order valence-electron chi connectivity index (χ1n) is 6.90. The van der Waals surface area contributed by atoms with E-state index in [-0.39, 0.29) is 11.6 Å². The van der Waals surface area contributed by atoms with Crippen molar-refractivity contribution in [2.24, 2.45) is 0 Å². The fraction of sp³-hybridized carbons (Fsp3) is 0.429. The van der Waals surface area contributed by atoms with Crippen LogP contribution in [0.1, 0.15) is 24.8 Å². The molecule has 0 saturated heterocycles. The highest BCUT2D eigenvalue weighted by molar-refractivity contribution is 5.67. The minimum atomic E-state index is -0.443. The highest BCUT2D eigenvalue weighted by atomic mass is 16.6. The second-order valence-electron chi connectivity index (χ2n) is 4.78. The van der Waals surface area contributed by atoms with Crippen molar-refractivity contribution in [3.05, 3.63) is 39.8 Å². The van der Waals surface area contributed by atoms with Crippen LogP contribution < -0.4 is 5.32 Å². The summed E-state index contributed by atoms with van der Waals surface area (Å²) < 4.78 is 5.53. The maximum Gasteiger partial charge on any atom is 0.282 e. The molecule has 0 radical (unpaired) electrons. The summed E-state index contributed by atoms with van der Waals surface area (Å²) in [6.07, 6.45) is 1.66. The lowest BCUT2D eigenvalue weighted by Gasteiger charge is -2.00. The molecule has 0 spiro atoms. The highest BCUT2D eigenvalue weighted by Gasteiger charge is 2.20. The molecule has 0 atom stereocenters. The lowest BCUT2D eigenvalue weighted by molar-refractivity contribution is -0.384. The van der Waals surface area contributed by atoms with Gasteiger partial charge in [-0.15, -0.1) is 10.2 Å². The summed E-state index contributed by atoms with van der Waals surface area (Å²) in [6, 6.07) is 4.83. The second kappa shape index (κ2) is 6.94. The Balaban J connectivity index is 2.17. The van der Waals surface area contributed by atoms with Crippen LogP contribution in [-0.2, 0) is 6.42 Å². The van der Waals surface area contributed by atoms with E-state index >= 15 is 0 Å². The van der Waals surface area contributed by atoms with Gasteiger partial charge in [0.15, 0.2) is 0 Å². The van der Waals surface area contributed by atoms with Gasteiger partial charge in [0.25, 0.3) is 11.6 Å². The second-order valence-corrected chi connectivity index (χ2v) is 4.78. The fourth-order valence-corrected chi connectivity index (χ4v) is 1.94. The van der Waals surface area contributed by atoms with Crippen LogP contribution in [0.15, 0.2) is 22.6 Å². The van der Waals surface area contributed by atoms with E-state index in [0.717, 1.165) is 25.1 Å². The number of hydrogen-bond donors (Lipinski definition) is 1. The molecule has 7 heteroatoms. The molecular formula is C14H18N4O3. The standard InChI is InChI=1S/C14H18N4O3/c1-3-7-15-8-6-13-16-17-14(21-13)11-9-10(2)4-5-12(11)18(19)20/h4-5,9,15H,3,6-8H2,1-2H3. The molecule has 1 aromatic heterocycles. The Bertz CT molecular complexity index is 624. The predicted molar refractivity (Wildman–Crippen MR) is 78.0 cm³/mol. The van der Waals surface area contributed by atoms with E-state index in [1.54, 1.807) is 12.1 Å². The van der Waals surface area contributed by atoms with Crippen molar-refractivity contribution < 1.29 is 9.34 Å². The van der Waals surface area contributed by atoms with Gasteiger partial charge >= 0.3 is 0 Å². The average molecular weight is 290 g/mol. The first kappa shape index (κ1) is 15.1. The van der Waals surface area contributed by atoms with Crippen LogP contribution in [-0.4, -0.2) is 28.2 Å². The largest absolute Gasteiger partial charge is 0.420 e. The summed E-state index contributed by atoms with van der Waals surface area (Å²) in [5, 5.41) is 22.2. The van der Waals surface area contributed by atoms with Crippen LogP contribution in [0.25, 0.3) is 11.5 Å². The Labute approximate surface area is 122 Å². The predicted octanol–water partition coefficient (Wildman–Crippen LogP) is 2.50. The van der Waals surface area contributed by atoms with Gasteiger partial charge in [0, 0.05) is 19.0 Å². The van der Waals surface area contributed by atoms with Gasteiger partial charge in [-0.05, 0) is 31.5 Å². The minimum absolute atomic E-state index is 0.0279. The third-order valence-electron chi connectivity index (χ3n) is 2.99. The molecule has 0 amide bonds. The van der Waals surface area contributed by atoms with Crippen molar-refractivity contribution in [3.63, 3.8) is 0 Å². The van der Waals surface area contributed by atoms with E-state index in [1.165, 1.54) is 6.07 Å². The normalized spacial score (nSPS) is 10.8. The van der Waals surface area contributed by atoms with Gasteiger partial charge in [-0.2, -0.15) is 0 Å². The van der Waals surface area contributed by atoms with E-state index in [9.17, 15) is 10.1 Å². The van der Waals surface area contributed by atoms with E-state index in [1.807, 2.05) is 6.92 Å².